The quantitative estimate of drug-likeness (QED) is 0.659. The van der Waals surface area contributed by atoms with Gasteiger partial charge in [0.05, 0.1) is 6.04 Å². The maximum Gasteiger partial charge on any atom is 0.141 e. The van der Waals surface area contributed by atoms with E-state index in [-0.39, 0.29) is 6.04 Å². The standard InChI is InChI=1S/C8H14N4/c1-6(2)3-4-7(9)8-10-5-11-12-8/h5,7H,1,3-4,9H2,2H3,(H,10,11,12). The first kappa shape index (κ1) is 8.93. The van der Waals surface area contributed by atoms with Crippen molar-refractivity contribution in [2.45, 2.75) is 25.8 Å². The van der Waals surface area contributed by atoms with E-state index in [1.54, 1.807) is 0 Å². The maximum absolute atomic E-state index is 5.81. The number of hydrogen-bond acceptors (Lipinski definition) is 3. The van der Waals surface area contributed by atoms with Crippen LogP contribution in [0.4, 0.5) is 0 Å². The number of hydrogen-bond donors (Lipinski definition) is 2. The highest BCUT2D eigenvalue weighted by Crippen LogP contribution is 2.12. The van der Waals surface area contributed by atoms with Crippen LogP contribution in [-0.2, 0) is 0 Å². The summed E-state index contributed by atoms with van der Waals surface area (Å²) in [6.07, 6.45) is 3.27. The number of H-pyrrole nitrogens is 1. The van der Waals surface area contributed by atoms with Gasteiger partial charge in [0.15, 0.2) is 0 Å². The Bertz CT molecular complexity index is 240. The van der Waals surface area contributed by atoms with Crippen LogP contribution >= 0.6 is 0 Å². The van der Waals surface area contributed by atoms with E-state index < -0.39 is 0 Å². The summed E-state index contributed by atoms with van der Waals surface area (Å²) in [5, 5.41) is 6.48. The number of nitrogens with one attached hydrogen (secondary N) is 1. The highest BCUT2D eigenvalue weighted by molar-refractivity contribution is 4.94. The van der Waals surface area contributed by atoms with E-state index in [1.165, 1.54) is 6.33 Å². The molecule has 1 unspecified atom stereocenters. The second-order valence-corrected chi connectivity index (χ2v) is 2.97. The Balaban J connectivity index is 2.39. The van der Waals surface area contributed by atoms with E-state index >= 15 is 0 Å². The predicted molar refractivity (Wildman–Crippen MR) is 47.4 cm³/mol. The second-order valence-electron chi connectivity index (χ2n) is 2.97. The Hall–Kier alpha value is -1.16. The molecule has 4 nitrogen and oxygen atoms in total. The van der Waals surface area contributed by atoms with Crippen LogP contribution in [0.2, 0.25) is 0 Å². The fraction of sp³-hybridized carbons (Fsp3) is 0.500. The van der Waals surface area contributed by atoms with E-state index in [1.807, 2.05) is 6.92 Å². The zero-order valence-corrected chi connectivity index (χ0v) is 7.25. The molecular weight excluding hydrogens is 152 g/mol. The monoisotopic (exact) mass is 166 g/mol. The Labute approximate surface area is 71.9 Å². The van der Waals surface area contributed by atoms with Crippen molar-refractivity contribution in [2.75, 3.05) is 0 Å². The molecule has 66 valence electrons. The van der Waals surface area contributed by atoms with Crippen LogP contribution in [0.1, 0.15) is 31.6 Å². The van der Waals surface area contributed by atoms with Gasteiger partial charge in [0.25, 0.3) is 0 Å². The van der Waals surface area contributed by atoms with Crippen molar-refractivity contribution in [3.05, 3.63) is 24.3 Å². The predicted octanol–water partition coefficient (Wildman–Crippen LogP) is 1.16. The van der Waals surface area contributed by atoms with E-state index in [4.69, 9.17) is 5.73 Å². The average molecular weight is 166 g/mol. The van der Waals surface area contributed by atoms with Gasteiger partial charge in [-0.25, -0.2) is 4.98 Å². The zero-order valence-electron chi connectivity index (χ0n) is 7.25. The number of nitrogens with two attached hydrogens (primary N) is 1. The molecule has 0 aromatic carbocycles. The lowest BCUT2D eigenvalue weighted by Crippen LogP contribution is -2.12. The Morgan fingerprint density at radius 3 is 3.08 bits per heavy atom. The van der Waals surface area contributed by atoms with Gasteiger partial charge in [0.1, 0.15) is 12.2 Å². The fourth-order valence-electron chi connectivity index (χ4n) is 0.932. The Kier molecular flexibility index (Phi) is 2.99. The van der Waals surface area contributed by atoms with Crippen molar-refractivity contribution in [1.29, 1.82) is 0 Å². The third kappa shape index (κ3) is 2.47. The molecule has 0 aliphatic carbocycles. The second kappa shape index (κ2) is 4.01. The molecule has 0 aliphatic rings. The summed E-state index contributed by atoms with van der Waals surface area (Å²) in [6.45, 7) is 5.80. The van der Waals surface area contributed by atoms with Gasteiger partial charge in [0.2, 0.25) is 0 Å². The van der Waals surface area contributed by atoms with E-state index in [0.29, 0.717) is 0 Å². The molecule has 1 heterocycles. The van der Waals surface area contributed by atoms with Crippen LogP contribution in [0.15, 0.2) is 18.5 Å². The average Bonchev–Trinajstić information content (AvgIpc) is 2.51. The third-order valence-corrected chi connectivity index (χ3v) is 1.67. The largest absolute Gasteiger partial charge is 0.321 e. The zero-order chi connectivity index (χ0) is 8.97. The Morgan fingerprint density at radius 1 is 1.83 bits per heavy atom. The molecule has 1 aromatic rings. The normalized spacial score (nSPS) is 12.8. The van der Waals surface area contributed by atoms with Gasteiger partial charge in [-0.2, -0.15) is 5.10 Å². The summed E-state index contributed by atoms with van der Waals surface area (Å²) in [7, 11) is 0. The first-order valence-corrected chi connectivity index (χ1v) is 3.95. The molecule has 0 bridgehead atoms. The molecule has 4 heteroatoms. The molecule has 1 rings (SSSR count). The number of nitrogens with zero attached hydrogens (tertiary/aromatic N) is 2. The first-order chi connectivity index (χ1) is 5.70. The third-order valence-electron chi connectivity index (χ3n) is 1.67. The van der Waals surface area contributed by atoms with E-state index in [2.05, 4.69) is 21.8 Å². The summed E-state index contributed by atoms with van der Waals surface area (Å²) >= 11 is 0. The van der Waals surface area contributed by atoms with Crippen molar-refractivity contribution >= 4 is 0 Å². The van der Waals surface area contributed by atoms with Gasteiger partial charge >= 0.3 is 0 Å². The molecule has 1 aromatic heterocycles. The SMILES string of the molecule is C=C(C)CCC(N)c1ncn[nH]1. The molecule has 0 saturated carbocycles. The molecule has 0 aliphatic heterocycles. The van der Waals surface area contributed by atoms with Crippen LogP contribution in [0.5, 0.6) is 0 Å². The summed E-state index contributed by atoms with van der Waals surface area (Å²) in [6, 6.07) is -0.0517. The van der Waals surface area contributed by atoms with Gasteiger partial charge in [-0.05, 0) is 19.8 Å². The maximum atomic E-state index is 5.81. The number of allylic oxidation sites excluding steroid dienone is 1. The summed E-state index contributed by atoms with van der Waals surface area (Å²) in [5.74, 6) is 0.747. The molecule has 12 heavy (non-hydrogen) atoms. The Morgan fingerprint density at radius 2 is 2.58 bits per heavy atom. The van der Waals surface area contributed by atoms with Crippen LogP contribution in [-0.4, -0.2) is 15.2 Å². The van der Waals surface area contributed by atoms with Crippen molar-refractivity contribution in [3.63, 3.8) is 0 Å². The lowest BCUT2D eigenvalue weighted by atomic mass is 10.1. The highest BCUT2D eigenvalue weighted by Gasteiger charge is 2.07. The minimum Gasteiger partial charge on any atom is -0.321 e. The van der Waals surface area contributed by atoms with Gasteiger partial charge in [0, 0.05) is 0 Å². The van der Waals surface area contributed by atoms with Crippen molar-refractivity contribution in [3.8, 4) is 0 Å². The number of aromatic amines is 1. The number of rotatable bonds is 4. The van der Waals surface area contributed by atoms with Crippen LogP contribution < -0.4 is 5.73 Å². The lowest BCUT2D eigenvalue weighted by molar-refractivity contribution is 0.613. The molecule has 0 saturated heterocycles. The molecule has 1 atom stereocenters. The van der Waals surface area contributed by atoms with E-state index in [0.717, 1.165) is 24.2 Å². The van der Waals surface area contributed by atoms with Crippen molar-refractivity contribution in [2.24, 2.45) is 5.73 Å². The smallest absolute Gasteiger partial charge is 0.141 e. The first-order valence-electron chi connectivity index (χ1n) is 3.95. The van der Waals surface area contributed by atoms with E-state index in [9.17, 15) is 0 Å². The lowest BCUT2D eigenvalue weighted by Gasteiger charge is -2.06. The van der Waals surface area contributed by atoms with Crippen LogP contribution in [0, 0.1) is 0 Å². The van der Waals surface area contributed by atoms with Gasteiger partial charge in [-0.15, -0.1) is 6.58 Å². The minimum atomic E-state index is -0.0517. The topological polar surface area (TPSA) is 67.6 Å². The van der Waals surface area contributed by atoms with Crippen LogP contribution in [0.25, 0.3) is 0 Å². The molecule has 0 spiro atoms. The molecule has 0 fully saturated rings. The molecule has 3 N–H and O–H groups in total. The minimum absolute atomic E-state index is 0.0517. The van der Waals surface area contributed by atoms with Crippen molar-refractivity contribution in [1.82, 2.24) is 15.2 Å². The summed E-state index contributed by atoms with van der Waals surface area (Å²) in [4.78, 5) is 3.97. The van der Waals surface area contributed by atoms with Crippen molar-refractivity contribution < 1.29 is 0 Å². The van der Waals surface area contributed by atoms with Gasteiger partial charge in [-0.1, -0.05) is 5.57 Å². The summed E-state index contributed by atoms with van der Waals surface area (Å²) < 4.78 is 0. The fourth-order valence-corrected chi connectivity index (χ4v) is 0.932. The summed E-state index contributed by atoms with van der Waals surface area (Å²) in [5.41, 5.74) is 6.96. The molecule has 0 amide bonds. The molecular formula is C8H14N4. The highest BCUT2D eigenvalue weighted by atomic mass is 15.2. The number of aromatic nitrogens is 3. The van der Waals surface area contributed by atoms with Gasteiger partial charge in [-0.3, -0.25) is 5.10 Å². The molecule has 0 radical (unpaired) electrons. The van der Waals surface area contributed by atoms with Crippen LogP contribution in [0.3, 0.4) is 0 Å². The van der Waals surface area contributed by atoms with Gasteiger partial charge < -0.3 is 5.73 Å².